The van der Waals surface area contributed by atoms with Crippen LogP contribution in [-0.2, 0) is 6.42 Å². The minimum absolute atomic E-state index is 0.163. The van der Waals surface area contributed by atoms with Crippen molar-refractivity contribution >= 4 is 39.6 Å². The Morgan fingerprint density at radius 2 is 1.36 bits per heavy atom. The smallest absolute Gasteiger partial charge is 0.256 e. The van der Waals surface area contributed by atoms with E-state index in [1.54, 1.807) is 13.2 Å². The van der Waals surface area contributed by atoms with Gasteiger partial charge in [-0.05, 0) is 59.2 Å². The number of rotatable bonds is 9. The third kappa shape index (κ3) is 6.37. The van der Waals surface area contributed by atoms with Crippen molar-refractivity contribution in [3.8, 4) is 5.75 Å². The number of nitrogens with zero attached hydrogens (tertiary/aromatic N) is 2. The molecule has 2 amide bonds. The first-order valence-electron chi connectivity index (χ1n) is 15.0. The first-order chi connectivity index (χ1) is 21.6. The standard InChI is InChI=1S/C37H36N4O3/c1-44-35-17-8-7-16-34(35)41-24-22-40(23-25-41)33-19-18-29(26-32(33)36(42)38-21-20-27-10-3-2-4-11-27)39-37(43)31-15-9-13-28-12-5-6-14-30(28)31/h2-19,26H,20-25H2,1H3,(H,38,42)(H,39,43). The summed E-state index contributed by atoms with van der Waals surface area (Å²) in [5.41, 5.74) is 4.79. The summed E-state index contributed by atoms with van der Waals surface area (Å²) in [5.74, 6) is 0.477. The van der Waals surface area contributed by atoms with Crippen LogP contribution in [0.5, 0.6) is 5.75 Å². The van der Waals surface area contributed by atoms with Gasteiger partial charge in [-0.3, -0.25) is 9.59 Å². The lowest BCUT2D eigenvalue weighted by Crippen LogP contribution is -2.47. The minimum Gasteiger partial charge on any atom is -0.495 e. The Morgan fingerprint density at radius 3 is 2.16 bits per heavy atom. The normalized spacial score (nSPS) is 13.0. The monoisotopic (exact) mass is 584 g/mol. The lowest BCUT2D eigenvalue weighted by Gasteiger charge is -2.38. The van der Waals surface area contributed by atoms with Gasteiger partial charge in [-0.25, -0.2) is 0 Å². The number of fused-ring (bicyclic) bond motifs is 1. The van der Waals surface area contributed by atoms with Gasteiger partial charge in [-0.1, -0.05) is 78.9 Å². The van der Waals surface area contributed by atoms with Crippen LogP contribution in [0.3, 0.4) is 0 Å². The topological polar surface area (TPSA) is 73.9 Å². The van der Waals surface area contributed by atoms with Crippen LogP contribution >= 0.6 is 0 Å². The molecule has 0 saturated carbocycles. The molecule has 5 aromatic rings. The molecular formula is C37H36N4O3. The summed E-state index contributed by atoms with van der Waals surface area (Å²) in [6.07, 6.45) is 0.733. The molecule has 7 heteroatoms. The molecule has 6 rings (SSSR count). The number of carbonyl (C=O) groups is 2. The van der Waals surface area contributed by atoms with Crippen LogP contribution in [0.1, 0.15) is 26.3 Å². The molecule has 1 fully saturated rings. The van der Waals surface area contributed by atoms with E-state index in [2.05, 4.69) is 38.6 Å². The molecule has 44 heavy (non-hydrogen) atoms. The lowest BCUT2D eigenvalue weighted by atomic mass is 10.0. The zero-order valence-electron chi connectivity index (χ0n) is 24.8. The van der Waals surface area contributed by atoms with Gasteiger partial charge in [0.05, 0.1) is 18.4 Å². The summed E-state index contributed by atoms with van der Waals surface area (Å²) in [4.78, 5) is 31.6. The number of nitrogens with one attached hydrogen (secondary N) is 2. The fraction of sp³-hybridized carbons (Fsp3) is 0.189. The molecule has 0 aromatic heterocycles. The van der Waals surface area contributed by atoms with Crippen molar-refractivity contribution in [3.63, 3.8) is 0 Å². The van der Waals surface area contributed by atoms with Crippen molar-refractivity contribution in [1.29, 1.82) is 0 Å². The van der Waals surface area contributed by atoms with Crippen molar-refractivity contribution in [1.82, 2.24) is 5.32 Å². The zero-order chi connectivity index (χ0) is 30.3. The van der Waals surface area contributed by atoms with Gasteiger partial charge in [-0.15, -0.1) is 0 Å². The van der Waals surface area contributed by atoms with Gasteiger partial charge in [-0.2, -0.15) is 0 Å². The summed E-state index contributed by atoms with van der Waals surface area (Å²) >= 11 is 0. The highest BCUT2D eigenvalue weighted by atomic mass is 16.5. The van der Waals surface area contributed by atoms with Crippen LogP contribution in [0.4, 0.5) is 17.1 Å². The average molecular weight is 585 g/mol. The molecular weight excluding hydrogens is 548 g/mol. The van der Waals surface area contributed by atoms with Crippen molar-refractivity contribution in [2.24, 2.45) is 0 Å². The van der Waals surface area contributed by atoms with Gasteiger partial charge in [0, 0.05) is 49.7 Å². The van der Waals surface area contributed by atoms with E-state index in [1.807, 2.05) is 91.0 Å². The van der Waals surface area contributed by atoms with Crippen LogP contribution in [0.2, 0.25) is 0 Å². The minimum atomic E-state index is -0.213. The summed E-state index contributed by atoms with van der Waals surface area (Å²) in [6.45, 7) is 3.56. The number of piperazine rings is 1. The Labute approximate surface area is 258 Å². The van der Waals surface area contributed by atoms with Gasteiger partial charge in [0.1, 0.15) is 5.75 Å². The molecule has 2 N–H and O–H groups in total. The summed E-state index contributed by atoms with van der Waals surface area (Å²) in [7, 11) is 1.69. The Kier molecular flexibility index (Phi) is 8.73. The third-order valence-electron chi connectivity index (χ3n) is 8.12. The molecule has 5 aromatic carbocycles. The Bertz CT molecular complexity index is 1760. The molecule has 0 atom stereocenters. The zero-order valence-corrected chi connectivity index (χ0v) is 24.8. The molecule has 1 aliphatic heterocycles. The first kappa shape index (κ1) is 28.8. The van der Waals surface area contributed by atoms with Crippen LogP contribution in [0, 0.1) is 0 Å². The number of carbonyl (C=O) groups excluding carboxylic acids is 2. The fourth-order valence-electron chi connectivity index (χ4n) is 5.83. The number of hydrogen-bond donors (Lipinski definition) is 2. The van der Waals surface area contributed by atoms with Crippen LogP contribution in [0.25, 0.3) is 10.8 Å². The highest BCUT2D eigenvalue weighted by Crippen LogP contribution is 2.31. The number of anilines is 3. The largest absolute Gasteiger partial charge is 0.495 e. The molecule has 0 radical (unpaired) electrons. The highest BCUT2D eigenvalue weighted by molar-refractivity contribution is 6.13. The molecule has 1 heterocycles. The molecule has 0 unspecified atom stereocenters. The molecule has 1 aliphatic rings. The number of amides is 2. The predicted octanol–water partition coefficient (Wildman–Crippen LogP) is 6.40. The summed E-state index contributed by atoms with van der Waals surface area (Å²) in [5, 5.41) is 8.03. The fourth-order valence-corrected chi connectivity index (χ4v) is 5.83. The number of benzene rings is 5. The van der Waals surface area contributed by atoms with Crippen LogP contribution in [-0.4, -0.2) is 51.6 Å². The van der Waals surface area contributed by atoms with Gasteiger partial charge in [0.15, 0.2) is 0 Å². The molecule has 222 valence electrons. The summed E-state index contributed by atoms with van der Waals surface area (Å²) in [6, 6.07) is 37.3. The van der Waals surface area contributed by atoms with Crippen LogP contribution < -0.4 is 25.2 Å². The van der Waals surface area contributed by atoms with Gasteiger partial charge in [0.2, 0.25) is 0 Å². The van der Waals surface area contributed by atoms with E-state index in [1.165, 1.54) is 0 Å². The van der Waals surface area contributed by atoms with Crippen molar-refractivity contribution < 1.29 is 14.3 Å². The predicted molar refractivity (Wildman–Crippen MR) is 178 cm³/mol. The second-order valence-electron chi connectivity index (χ2n) is 10.9. The van der Waals surface area contributed by atoms with E-state index in [4.69, 9.17) is 4.74 Å². The summed E-state index contributed by atoms with van der Waals surface area (Å²) < 4.78 is 5.59. The maximum Gasteiger partial charge on any atom is 0.256 e. The van der Waals surface area contributed by atoms with Gasteiger partial charge < -0.3 is 25.2 Å². The Balaban J connectivity index is 1.23. The van der Waals surface area contributed by atoms with E-state index < -0.39 is 0 Å². The van der Waals surface area contributed by atoms with Crippen molar-refractivity contribution in [3.05, 3.63) is 132 Å². The van der Waals surface area contributed by atoms with E-state index in [0.717, 1.165) is 66.1 Å². The van der Waals surface area contributed by atoms with Crippen molar-refractivity contribution in [2.75, 3.05) is 55.0 Å². The SMILES string of the molecule is COc1ccccc1N1CCN(c2ccc(NC(=O)c3cccc4ccccc34)cc2C(=O)NCCc2ccccc2)CC1. The van der Waals surface area contributed by atoms with Crippen LogP contribution in [0.15, 0.2) is 115 Å². The quantitative estimate of drug-likeness (QED) is 0.210. The third-order valence-corrected chi connectivity index (χ3v) is 8.12. The van der Waals surface area contributed by atoms with E-state index in [-0.39, 0.29) is 11.8 Å². The molecule has 0 spiro atoms. The molecule has 1 saturated heterocycles. The first-order valence-corrected chi connectivity index (χ1v) is 15.0. The molecule has 0 aliphatic carbocycles. The number of para-hydroxylation sites is 2. The average Bonchev–Trinajstić information content (AvgIpc) is 3.08. The van der Waals surface area contributed by atoms with E-state index in [9.17, 15) is 9.59 Å². The second kappa shape index (κ2) is 13.3. The lowest BCUT2D eigenvalue weighted by molar-refractivity contribution is 0.0953. The highest BCUT2D eigenvalue weighted by Gasteiger charge is 2.24. The van der Waals surface area contributed by atoms with E-state index >= 15 is 0 Å². The molecule has 0 bridgehead atoms. The van der Waals surface area contributed by atoms with Gasteiger partial charge in [0.25, 0.3) is 11.8 Å². The number of methoxy groups -OCH3 is 1. The number of ether oxygens (including phenoxy) is 1. The Morgan fingerprint density at radius 1 is 0.682 bits per heavy atom. The Hall–Kier alpha value is -5.30. The van der Waals surface area contributed by atoms with E-state index in [0.29, 0.717) is 23.4 Å². The second-order valence-corrected chi connectivity index (χ2v) is 10.9. The maximum atomic E-state index is 13.7. The van der Waals surface area contributed by atoms with Crippen molar-refractivity contribution in [2.45, 2.75) is 6.42 Å². The van der Waals surface area contributed by atoms with Gasteiger partial charge >= 0.3 is 0 Å². The number of hydrogen-bond acceptors (Lipinski definition) is 5. The maximum absolute atomic E-state index is 13.7. The molecule has 7 nitrogen and oxygen atoms in total.